The molecule has 2 unspecified atom stereocenters. The molecule has 2 heterocycles. The number of imide groups is 1. The van der Waals surface area contributed by atoms with E-state index in [-0.39, 0.29) is 24.2 Å². The maximum absolute atomic E-state index is 12.2. The largest absolute Gasteiger partial charge is 0.393 e. The first-order chi connectivity index (χ1) is 9.49. The molecule has 1 fully saturated rings. The standard InChI is InChI=1S/C13H17N3O3S/c1-2-7-5-9(20-10(14)6-7)13(19)15-8-3-4-11(17)16-12(8)18/h5-8H,2-4,14H2,1H3,(H,15,19)(H,16,17,18). The quantitative estimate of drug-likeness (QED) is 0.653. The molecule has 0 aliphatic carbocycles. The van der Waals surface area contributed by atoms with E-state index in [1.807, 2.05) is 19.1 Å². The topological polar surface area (TPSA) is 101 Å². The lowest BCUT2D eigenvalue weighted by Gasteiger charge is -2.23. The Morgan fingerprint density at radius 3 is 2.90 bits per heavy atom. The van der Waals surface area contributed by atoms with E-state index in [2.05, 4.69) is 10.6 Å². The number of amides is 3. The van der Waals surface area contributed by atoms with Crippen molar-refractivity contribution in [1.29, 1.82) is 0 Å². The molecule has 2 aliphatic heterocycles. The number of piperidine rings is 1. The van der Waals surface area contributed by atoms with Gasteiger partial charge in [0.15, 0.2) is 0 Å². The summed E-state index contributed by atoms with van der Waals surface area (Å²) >= 11 is 1.19. The van der Waals surface area contributed by atoms with E-state index in [1.54, 1.807) is 0 Å². The summed E-state index contributed by atoms with van der Waals surface area (Å²) in [5.74, 6) is -0.936. The maximum atomic E-state index is 12.2. The predicted octanol–water partition coefficient (Wildman–Crippen LogP) is 0.365. The van der Waals surface area contributed by atoms with E-state index >= 15 is 0 Å². The van der Waals surface area contributed by atoms with Crippen LogP contribution < -0.4 is 16.4 Å². The van der Waals surface area contributed by atoms with E-state index in [0.29, 0.717) is 16.4 Å². The summed E-state index contributed by atoms with van der Waals surface area (Å²) in [6, 6.07) is -0.658. The molecule has 108 valence electrons. The highest BCUT2D eigenvalue weighted by Crippen LogP contribution is 2.31. The molecular weight excluding hydrogens is 278 g/mol. The fourth-order valence-corrected chi connectivity index (χ4v) is 2.96. The van der Waals surface area contributed by atoms with Gasteiger partial charge >= 0.3 is 0 Å². The van der Waals surface area contributed by atoms with Gasteiger partial charge in [0.25, 0.3) is 5.91 Å². The predicted molar refractivity (Wildman–Crippen MR) is 76.0 cm³/mol. The van der Waals surface area contributed by atoms with Gasteiger partial charge in [-0.25, -0.2) is 0 Å². The Kier molecular flexibility index (Phi) is 4.49. The van der Waals surface area contributed by atoms with Crippen LogP contribution in [0.25, 0.3) is 0 Å². The first-order valence-electron chi connectivity index (χ1n) is 6.51. The molecule has 2 atom stereocenters. The zero-order chi connectivity index (χ0) is 14.7. The number of allylic oxidation sites excluding steroid dienone is 2. The molecule has 2 aliphatic rings. The Hall–Kier alpha value is -1.76. The first kappa shape index (κ1) is 14.6. The monoisotopic (exact) mass is 295 g/mol. The Morgan fingerprint density at radius 2 is 2.25 bits per heavy atom. The van der Waals surface area contributed by atoms with Gasteiger partial charge in [0.05, 0.1) is 9.93 Å². The van der Waals surface area contributed by atoms with Crippen molar-refractivity contribution in [3.8, 4) is 0 Å². The van der Waals surface area contributed by atoms with Crippen molar-refractivity contribution in [1.82, 2.24) is 10.6 Å². The van der Waals surface area contributed by atoms with Gasteiger partial charge < -0.3 is 11.1 Å². The van der Waals surface area contributed by atoms with Gasteiger partial charge in [-0.3, -0.25) is 19.7 Å². The molecule has 0 spiro atoms. The van der Waals surface area contributed by atoms with E-state index in [4.69, 9.17) is 5.73 Å². The van der Waals surface area contributed by atoms with E-state index < -0.39 is 11.9 Å². The van der Waals surface area contributed by atoms with Crippen LogP contribution in [0.5, 0.6) is 0 Å². The lowest BCUT2D eigenvalue weighted by atomic mass is 10.0. The van der Waals surface area contributed by atoms with Crippen LogP contribution in [0.2, 0.25) is 0 Å². The van der Waals surface area contributed by atoms with Crippen LogP contribution in [-0.4, -0.2) is 23.8 Å². The number of nitrogens with one attached hydrogen (secondary N) is 2. The molecule has 1 saturated heterocycles. The average Bonchev–Trinajstić information content (AvgIpc) is 2.41. The average molecular weight is 295 g/mol. The smallest absolute Gasteiger partial charge is 0.258 e. The second kappa shape index (κ2) is 6.13. The second-order valence-electron chi connectivity index (χ2n) is 4.75. The first-order valence-corrected chi connectivity index (χ1v) is 7.32. The van der Waals surface area contributed by atoms with Crippen LogP contribution in [0.15, 0.2) is 22.1 Å². The molecule has 0 bridgehead atoms. The zero-order valence-electron chi connectivity index (χ0n) is 11.1. The summed E-state index contributed by atoms with van der Waals surface area (Å²) in [5, 5.41) is 5.45. The maximum Gasteiger partial charge on any atom is 0.258 e. The Labute approximate surface area is 121 Å². The molecule has 0 aromatic carbocycles. The van der Waals surface area contributed by atoms with E-state index in [1.165, 1.54) is 11.8 Å². The minimum Gasteiger partial charge on any atom is -0.393 e. The Balaban J connectivity index is 2.00. The zero-order valence-corrected chi connectivity index (χ0v) is 12.0. The summed E-state index contributed by atoms with van der Waals surface area (Å²) in [7, 11) is 0. The van der Waals surface area contributed by atoms with Gasteiger partial charge in [-0.15, -0.1) is 0 Å². The minimum atomic E-state index is -0.658. The van der Waals surface area contributed by atoms with Crippen molar-refractivity contribution in [2.45, 2.75) is 32.2 Å². The molecular formula is C13H17N3O3S. The Bertz CT molecular complexity index is 513. The molecule has 7 heteroatoms. The number of hydrogen-bond acceptors (Lipinski definition) is 5. The number of carbonyl (C=O) groups excluding carboxylic acids is 3. The van der Waals surface area contributed by atoms with E-state index in [9.17, 15) is 14.4 Å². The minimum absolute atomic E-state index is 0.138. The molecule has 6 nitrogen and oxygen atoms in total. The second-order valence-corrected chi connectivity index (χ2v) is 5.87. The summed E-state index contributed by atoms with van der Waals surface area (Å²) in [6.07, 6.45) is 5.19. The van der Waals surface area contributed by atoms with Gasteiger partial charge in [-0.1, -0.05) is 24.8 Å². The van der Waals surface area contributed by atoms with Gasteiger partial charge in [0, 0.05) is 6.42 Å². The van der Waals surface area contributed by atoms with Crippen LogP contribution in [0.3, 0.4) is 0 Å². The number of hydrogen-bond donors (Lipinski definition) is 3. The van der Waals surface area contributed by atoms with E-state index in [0.717, 1.165) is 6.42 Å². The third kappa shape index (κ3) is 3.41. The van der Waals surface area contributed by atoms with Crippen molar-refractivity contribution in [2.75, 3.05) is 0 Å². The van der Waals surface area contributed by atoms with Gasteiger partial charge in [0.2, 0.25) is 11.8 Å². The van der Waals surface area contributed by atoms with Crippen LogP contribution in [-0.2, 0) is 14.4 Å². The fourth-order valence-electron chi connectivity index (χ4n) is 2.07. The molecule has 2 rings (SSSR count). The SMILES string of the molecule is CCC1C=C(N)SC(C(=O)NC2CCC(=O)NC2=O)=C1. The van der Waals surface area contributed by atoms with Crippen LogP contribution >= 0.6 is 11.8 Å². The Morgan fingerprint density at radius 1 is 1.50 bits per heavy atom. The summed E-state index contributed by atoms with van der Waals surface area (Å²) in [5.41, 5.74) is 5.79. The molecule has 0 aromatic rings. The van der Waals surface area contributed by atoms with Crippen LogP contribution in [0.4, 0.5) is 0 Å². The summed E-state index contributed by atoms with van der Waals surface area (Å²) in [4.78, 5) is 35.3. The van der Waals surface area contributed by atoms with Crippen molar-refractivity contribution < 1.29 is 14.4 Å². The third-order valence-corrected chi connectivity index (χ3v) is 4.12. The molecule has 20 heavy (non-hydrogen) atoms. The van der Waals surface area contributed by atoms with Crippen molar-refractivity contribution >= 4 is 29.5 Å². The summed E-state index contributed by atoms with van der Waals surface area (Å²) in [6.45, 7) is 2.01. The number of nitrogens with two attached hydrogens (primary N) is 1. The molecule has 3 amide bonds. The van der Waals surface area contributed by atoms with Crippen LogP contribution in [0, 0.1) is 5.92 Å². The highest BCUT2D eigenvalue weighted by molar-refractivity contribution is 8.07. The number of rotatable bonds is 3. The van der Waals surface area contributed by atoms with Crippen molar-refractivity contribution in [3.05, 3.63) is 22.1 Å². The van der Waals surface area contributed by atoms with Gasteiger partial charge in [-0.2, -0.15) is 0 Å². The van der Waals surface area contributed by atoms with Crippen molar-refractivity contribution in [3.63, 3.8) is 0 Å². The highest BCUT2D eigenvalue weighted by Gasteiger charge is 2.29. The summed E-state index contributed by atoms with van der Waals surface area (Å²) < 4.78 is 0. The molecule has 4 N–H and O–H groups in total. The molecule has 0 radical (unpaired) electrons. The highest BCUT2D eigenvalue weighted by atomic mass is 32.2. The number of carbonyl (C=O) groups is 3. The lowest BCUT2D eigenvalue weighted by Crippen LogP contribution is -2.52. The fraction of sp³-hybridized carbons (Fsp3) is 0.462. The van der Waals surface area contributed by atoms with Gasteiger partial charge in [-0.05, 0) is 24.8 Å². The third-order valence-electron chi connectivity index (χ3n) is 3.21. The lowest BCUT2D eigenvalue weighted by molar-refractivity contribution is -0.136. The van der Waals surface area contributed by atoms with Crippen molar-refractivity contribution in [2.24, 2.45) is 11.7 Å². The molecule has 0 saturated carbocycles. The molecule has 0 aromatic heterocycles. The van der Waals surface area contributed by atoms with Crippen LogP contribution in [0.1, 0.15) is 26.2 Å². The van der Waals surface area contributed by atoms with Gasteiger partial charge in [0.1, 0.15) is 6.04 Å². The number of thioether (sulfide) groups is 1. The normalized spacial score (nSPS) is 26.4.